The molecule has 0 aromatic rings. The van der Waals surface area contributed by atoms with Gasteiger partial charge in [-0.1, -0.05) is 24.3 Å². The van der Waals surface area contributed by atoms with E-state index in [1.54, 1.807) is 0 Å². The minimum atomic E-state index is -0.101. The molecule has 2 N–H and O–H groups in total. The summed E-state index contributed by atoms with van der Waals surface area (Å²) in [5, 5.41) is 8.06. The molecule has 0 radical (unpaired) electrons. The molecule has 0 aromatic heterocycles. The van der Waals surface area contributed by atoms with E-state index in [1.807, 2.05) is 12.4 Å². The summed E-state index contributed by atoms with van der Waals surface area (Å²) in [6.45, 7) is 0. The van der Waals surface area contributed by atoms with Crippen molar-refractivity contribution in [3.8, 4) is 0 Å². The molecule has 0 fully saturated rings. The molecule has 2 amide bonds. The summed E-state index contributed by atoms with van der Waals surface area (Å²) in [6.07, 6.45) is 20.7. The normalized spacial score (nSPS) is 22.8. The quantitative estimate of drug-likeness (QED) is 0.286. The van der Waals surface area contributed by atoms with Gasteiger partial charge in [0.2, 0.25) is 11.8 Å². The van der Waals surface area contributed by atoms with Crippen LogP contribution >= 0.6 is 0 Å². The van der Waals surface area contributed by atoms with Crippen LogP contribution in [0, 0.1) is 11.8 Å². The zero-order valence-electron chi connectivity index (χ0n) is 15.4. The van der Waals surface area contributed by atoms with E-state index in [9.17, 15) is 9.59 Å². The largest absolute Gasteiger partial charge is 0.273 e. The second-order valence-electron chi connectivity index (χ2n) is 6.92. The Hall–Kier alpha value is -2.24. The van der Waals surface area contributed by atoms with Gasteiger partial charge in [-0.15, -0.1) is 0 Å². The van der Waals surface area contributed by atoms with Gasteiger partial charge in [0.1, 0.15) is 0 Å². The maximum absolute atomic E-state index is 11.7. The van der Waals surface area contributed by atoms with Crippen LogP contribution < -0.4 is 10.9 Å². The molecule has 0 aromatic carbocycles. The van der Waals surface area contributed by atoms with Gasteiger partial charge in [-0.25, -0.2) is 10.9 Å². The van der Waals surface area contributed by atoms with E-state index in [2.05, 4.69) is 45.4 Å². The van der Waals surface area contributed by atoms with E-state index >= 15 is 0 Å². The average Bonchev–Trinajstić information content (AvgIpc) is 2.67. The van der Waals surface area contributed by atoms with Gasteiger partial charge in [0.15, 0.2) is 0 Å². The van der Waals surface area contributed by atoms with Crippen LogP contribution in [0.2, 0.25) is 0 Å². The third kappa shape index (κ3) is 8.74. The fourth-order valence-electron chi connectivity index (χ4n) is 3.02. The van der Waals surface area contributed by atoms with E-state index in [0.717, 1.165) is 38.5 Å². The van der Waals surface area contributed by atoms with Crippen molar-refractivity contribution in [2.24, 2.45) is 22.0 Å². The summed E-state index contributed by atoms with van der Waals surface area (Å²) >= 11 is 0. The second kappa shape index (κ2) is 12.2. The van der Waals surface area contributed by atoms with Crippen LogP contribution in [0.25, 0.3) is 0 Å². The highest BCUT2D eigenvalue weighted by Gasteiger charge is 2.08. The molecule has 2 unspecified atom stereocenters. The fourth-order valence-corrected chi connectivity index (χ4v) is 3.02. The molecular formula is C20H30N4O2. The van der Waals surface area contributed by atoms with Gasteiger partial charge in [-0.2, -0.15) is 10.2 Å². The predicted octanol–water partition coefficient (Wildman–Crippen LogP) is 3.46. The Kier molecular flexibility index (Phi) is 9.40. The van der Waals surface area contributed by atoms with Crippen molar-refractivity contribution in [3.05, 3.63) is 24.3 Å². The Morgan fingerprint density at radius 1 is 0.808 bits per heavy atom. The number of rotatable bonds is 9. The van der Waals surface area contributed by atoms with Gasteiger partial charge in [0.25, 0.3) is 0 Å². The third-order valence-electron chi connectivity index (χ3n) is 4.63. The number of carbonyl (C=O) groups is 2. The topological polar surface area (TPSA) is 82.9 Å². The highest BCUT2D eigenvalue weighted by atomic mass is 16.2. The number of carbonyl (C=O) groups excluding carboxylic acids is 2. The highest BCUT2D eigenvalue weighted by molar-refractivity contribution is 5.78. The molecular weight excluding hydrogens is 328 g/mol. The van der Waals surface area contributed by atoms with Crippen LogP contribution in [0.15, 0.2) is 34.5 Å². The molecule has 2 atom stereocenters. The minimum Gasteiger partial charge on any atom is -0.273 e. The van der Waals surface area contributed by atoms with Crippen LogP contribution in [0.3, 0.4) is 0 Å². The first-order valence-corrected chi connectivity index (χ1v) is 9.68. The first kappa shape index (κ1) is 20.1. The number of nitrogens with zero attached hydrogens (tertiary/aromatic N) is 2. The van der Waals surface area contributed by atoms with Crippen LogP contribution in [-0.2, 0) is 9.59 Å². The Bertz CT molecular complexity index is 516. The van der Waals surface area contributed by atoms with E-state index < -0.39 is 0 Å². The number of hydrogen-bond acceptors (Lipinski definition) is 4. The van der Waals surface area contributed by atoms with Crippen molar-refractivity contribution in [1.29, 1.82) is 0 Å². The summed E-state index contributed by atoms with van der Waals surface area (Å²) in [5.74, 6) is 0.649. The lowest BCUT2D eigenvalue weighted by molar-refractivity contribution is -0.123. The van der Waals surface area contributed by atoms with Gasteiger partial charge < -0.3 is 0 Å². The van der Waals surface area contributed by atoms with Gasteiger partial charge in [0, 0.05) is 25.3 Å². The number of allylic oxidation sites excluding steroid dienone is 4. The van der Waals surface area contributed by atoms with Gasteiger partial charge in [0.05, 0.1) is 0 Å². The molecule has 26 heavy (non-hydrogen) atoms. The number of hydrazone groups is 2. The molecule has 2 aliphatic rings. The smallest absolute Gasteiger partial charge is 0.240 e. The van der Waals surface area contributed by atoms with Gasteiger partial charge in [-0.05, 0) is 63.2 Å². The van der Waals surface area contributed by atoms with Crippen molar-refractivity contribution >= 4 is 24.2 Å². The van der Waals surface area contributed by atoms with Crippen molar-refractivity contribution in [1.82, 2.24) is 10.9 Å². The predicted molar refractivity (Wildman–Crippen MR) is 105 cm³/mol. The average molecular weight is 358 g/mol. The summed E-state index contributed by atoms with van der Waals surface area (Å²) in [6, 6.07) is 0. The zero-order valence-corrected chi connectivity index (χ0v) is 15.4. The van der Waals surface area contributed by atoms with Crippen LogP contribution in [0.5, 0.6) is 0 Å². The Morgan fingerprint density at radius 2 is 1.27 bits per heavy atom. The molecule has 6 nitrogen and oxygen atoms in total. The highest BCUT2D eigenvalue weighted by Crippen LogP contribution is 2.16. The molecule has 2 aliphatic carbocycles. The minimum absolute atomic E-state index is 0.101. The Balaban J connectivity index is 1.48. The van der Waals surface area contributed by atoms with E-state index in [0.29, 0.717) is 37.5 Å². The Labute approximate surface area is 155 Å². The molecule has 142 valence electrons. The second-order valence-corrected chi connectivity index (χ2v) is 6.92. The van der Waals surface area contributed by atoms with E-state index in [1.165, 1.54) is 0 Å². The first-order valence-electron chi connectivity index (χ1n) is 9.68. The van der Waals surface area contributed by atoms with Crippen molar-refractivity contribution < 1.29 is 9.59 Å². The summed E-state index contributed by atoms with van der Waals surface area (Å²) in [5.41, 5.74) is 5.13. The van der Waals surface area contributed by atoms with Crippen LogP contribution in [-0.4, -0.2) is 24.2 Å². The van der Waals surface area contributed by atoms with Gasteiger partial charge >= 0.3 is 0 Å². The van der Waals surface area contributed by atoms with E-state index in [4.69, 9.17) is 0 Å². The molecule has 0 aliphatic heterocycles. The molecule has 0 spiro atoms. The molecule has 0 bridgehead atoms. The summed E-state index contributed by atoms with van der Waals surface area (Å²) in [4.78, 5) is 23.4. The lowest BCUT2D eigenvalue weighted by atomic mass is 9.96. The first-order chi connectivity index (χ1) is 12.7. The maximum atomic E-state index is 11.7. The molecule has 0 saturated carbocycles. The van der Waals surface area contributed by atoms with Gasteiger partial charge in [-0.3, -0.25) is 9.59 Å². The SMILES string of the molecule is O=C(CCCCC(=O)N/N=C/C1CC=CCC1)N/N=C/C1CC=CCC1. The lowest BCUT2D eigenvalue weighted by Gasteiger charge is -2.11. The van der Waals surface area contributed by atoms with Crippen LogP contribution in [0.4, 0.5) is 0 Å². The summed E-state index contributed by atoms with van der Waals surface area (Å²) in [7, 11) is 0. The number of unbranched alkanes of at least 4 members (excludes halogenated alkanes) is 1. The third-order valence-corrected chi connectivity index (χ3v) is 4.63. The van der Waals surface area contributed by atoms with Crippen molar-refractivity contribution in [3.63, 3.8) is 0 Å². The zero-order chi connectivity index (χ0) is 18.5. The monoisotopic (exact) mass is 358 g/mol. The number of nitrogens with one attached hydrogen (secondary N) is 2. The van der Waals surface area contributed by atoms with Crippen LogP contribution in [0.1, 0.15) is 64.2 Å². The van der Waals surface area contributed by atoms with Crippen molar-refractivity contribution in [2.45, 2.75) is 64.2 Å². The van der Waals surface area contributed by atoms with E-state index in [-0.39, 0.29) is 11.8 Å². The lowest BCUT2D eigenvalue weighted by Crippen LogP contribution is -2.20. The number of amides is 2. The van der Waals surface area contributed by atoms with Crippen molar-refractivity contribution in [2.75, 3.05) is 0 Å². The fraction of sp³-hybridized carbons (Fsp3) is 0.600. The Morgan fingerprint density at radius 3 is 1.65 bits per heavy atom. The maximum Gasteiger partial charge on any atom is 0.240 e. The standard InChI is InChI=1S/C20H30N4O2/c25-19(23-21-15-17-9-3-1-4-10-17)13-7-8-14-20(26)24-22-16-18-11-5-2-6-12-18/h1-3,5,15-18H,4,6-14H2,(H,23,25)(H,24,26)/b21-15+,22-16+. The summed E-state index contributed by atoms with van der Waals surface area (Å²) < 4.78 is 0. The molecule has 6 heteroatoms. The molecule has 0 saturated heterocycles. The molecule has 0 heterocycles. The number of hydrogen-bond donors (Lipinski definition) is 2. The molecule has 2 rings (SSSR count).